The lowest BCUT2D eigenvalue weighted by Crippen LogP contribution is -2.40. The number of thiophene rings is 1. The van der Waals surface area contributed by atoms with Crippen molar-refractivity contribution in [2.24, 2.45) is 5.92 Å². The number of piperidine rings is 1. The number of likely N-dealkylation sites (tertiary alicyclic amines) is 3. The van der Waals surface area contributed by atoms with Crippen molar-refractivity contribution >= 4 is 17.2 Å². The van der Waals surface area contributed by atoms with E-state index in [1.54, 1.807) is 7.11 Å². The highest BCUT2D eigenvalue weighted by Gasteiger charge is 2.22. The third-order valence-electron chi connectivity index (χ3n) is 13.1. The SMILES string of the molecule is C.C.C.C.C.C.C.C.CC(C)C1=CCC=C1.CC(C)N1CCCC1.CC(C)N1CCCC1=O.CC(C)N1CCCCC1.CC(C)N1CCOCC1.CC(C)c1ccccc1.CC(C)c1cccs1.COCCN(C)C(C)C. The number of benzene rings is 1. The number of rotatable bonds is 11. The van der Waals surface area contributed by atoms with Gasteiger partial charge in [0.25, 0.3) is 0 Å². The standard InChI is InChI=1S/C9H12.C8H17N.C8H12.C7H15NO.C7H13NO.C7H17NO.C7H15N.C7H10S.8CH4/c2*1-8(2)9-6-4-3-5-7-9;1-7(2)8-5-3-4-6-8;1-7(2)8-3-5-9-6-4-8;1-6(2)8-5-3-4-7(8)9;1-7(2)8(3)5-6-9-4;1-7(2)8-5-3-4-6-8;1-6(2)7-4-3-5-8-7;;;;;;;;/h3-8H,1-2H3;8H,3-7H2,1-2H3;3,5-7H,4H2,1-2H3;7H,3-6H2,1-2H3;6H,3-5H2,1-2H3;7H,5-6H2,1-4H3;7H,3-6H2,1-2H3;3-6H,1-2H3;8*1H4. The summed E-state index contributed by atoms with van der Waals surface area (Å²) in [7, 11) is 3.83. The zero-order valence-corrected chi connectivity index (χ0v) is 49.1. The lowest BCUT2D eigenvalue weighted by atomic mass is 10.0. The van der Waals surface area contributed by atoms with Crippen molar-refractivity contribution in [3.8, 4) is 0 Å². The van der Waals surface area contributed by atoms with Crippen LogP contribution < -0.4 is 0 Å². The van der Waals surface area contributed by atoms with Gasteiger partial charge in [0.15, 0.2) is 0 Å². The summed E-state index contributed by atoms with van der Waals surface area (Å²) in [5.74, 6) is 2.40. The lowest BCUT2D eigenvalue weighted by Gasteiger charge is -2.29. The van der Waals surface area contributed by atoms with Gasteiger partial charge in [-0.1, -0.05) is 162 Å². The predicted molar refractivity (Wildman–Crippen MR) is 359 cm³/mol. The van der Waals surface area contributed by atoms with Crippen LogP contribution in [-0.2, 0) is 14.3 Å². The minimum atomic E-state index is 0. The van der Waals surface area contributed by atoms with Crippen LogP contribution in [0.2, 0.25) is 0 Å². The minimum Gasteiger partial charge on any atom is -0.383 e. The van der Waals surface area contributed by atoms with Crippen molar-refractivity contribution in [3.63, 3.8) is 0 Å². The number of amides is 1. The molecule has 1 aromatic heterocycles. The van der Waals surface area contributed by atoms with Crippen molar-refractivity contribution in [2.75, 3.05) is 86.3 Å². The van der Waals surface area contributed by atoms with Gasteiger partial charge in [0.1, 0.15) is 0 Å². The summed E-state index contributed by atoms with van der Waals surface area (Å²) in [5, 5.41) is 2.12. The summed E-state index contributed by atoms with van der Waals surface area (Å²) < 4.78 is 10.1. The highest BCUT2D eigenvalue weighted by molar-refractivity contribution is 7.10. The van der Waals surface area contributed by atoms with E-state index in [0.29, 0.717) is 41.8 Å². The molecule has 2 aromatic rings. The molecule has 7 rings (SSSR count). The number of likely N-dealkylation sites (N-methyl/N-ethyl adjacent to an activating group) is 1. The van der Waals surface area contributed by atoms with Crippen LogP contribution in [0.15, 0.2) is 71.6 Å². The van der Waals surface area contributed by atoms with Crippen LogP contribution in [0.5, 0.6) is 0 Å². The molecule has 0 bridgehead atoms. The Morgan fingerprint density at radius 1 is 0.558 bits per heavy atom. The topological polar surface area (TPSA) is 51.7 Å². The summed E-state index contributed by atoms with van der Waals surface area (Å²) in [5.41, 5.74) is 2.91. The second-order valence-electron chi connectivity index (χ2n) is 21.4. The van der Waals surface area contributed by atoms with Gasteiger partial charge in [-0.25, -0.2) is 0 Å². The van der Waals surface area contributed by atoms with Gasteiger partial charge in [0, 0.05) is 74.8 Å². The van der Waals surface area contributed by atoms with Crippen LogP contribution >= 0.6 is 11.3 Å². The van der Waals surface area contributed by atoms with Gasteiger partial charge in [-0.05, 0) is 181 Å². The zero-order valence-electron chi connectivity index (χ0n) is 48.3. The first-order valence-corrected chi connectivity index (χ1v) is 28.3. The molecule has 4 aliphatic heterocycles. The number of carbonyl (C=O) groups excluding carboxylic acids is 1. The normalized spacial score (nSPS) is 15.5. The molecule has 8 nitrogen and oxygen atoms in total. The number of methoxy groups -OCH3 is 1. The third kappa shape index (κ3) is 48.1. The van der Waals surface area contributed by atoms with E-state index in [2.05, 4.69) is 197 Å². The Labute approximate surface area is 491 Å². The molecule has 5 aliphatic rings. The Kier molecular flexibility index (Phi) is 71.1. The van der Waals surface area contributed by atoms with Crippen molar-refractivity contribution in [2.45, 2.75) is 264 Å². The van der Waals surface area contributed by atoms with Crippen LogP contribution in [0, 0.1) is 5.92 Å². The Morgan fingerprint density at radius 2 is 1.03 bits per heavy atom. The van der Waals surface area contributed by atoms with Gasteiger partial charge in [0.05, 0.1) is 19.8 Å². The Bertz CT molecular complexity index is 1480. The monoisotopic (exact) mass is 1110 g/mol. The summed E-state index contributed by atoms with van der Waals surface area (Å²) in [6, 6.07) is 18.1. The molecule has 0 saturated carbocycles. The number of hydrogen-bond donors (Lipinski definition) is 0. The number of ether oxygens (including phenoxy) is 2. The summed E-state index contributed by atoms with van der Waals surface area (Å²) >= 11 is 1.83. The Morgan fingerprint density at radius 3 is 1.27 bits per heavy atom. The molecule has 0 unspecified atom stereocenters. The van der Waals surface area contributed by atoms with Crippen LogP contribution in [0.1, 0.15) is 244 Å². The molecule has 5 heterocycles. The largest absolute Gasteiger partial charge is 0.383 e. The van der Waals surface area contributed by atoms with E-state index in [-0.39, 0.29) is 59.4 Å². The fourth-order valence-electron chi connectivity index (χ4n) is 7.86. The quantitative estimate of drug-likeness (QED) is 0.222. The molecule has 464 valence electrons. The maximum atomic E-state index is 10.9. The fourth-order valence-corrected chi connectivity index (χ4v) is 8.60. The van der Waals surface area contributed by atoms with Gasteiger partial charge in [-0.2, -0.15) is 0 Å². The van der Waals surface area contributed by atoms with Crippen LogP contribution in [0.3, 0.4) is 0 Å². The molecule has 1 amide bonds. The molecule has 9 heteroatoms. The molecule has 1 aliphatic carbocycles. The maximum absolute atomic E-state index is 10.9. The number of morpholine rings is 1. The molecule has 4 fully saturated rings. The highest BCUT2D eigenvalue weighted by atomic mass is 32.1. The highest BCUT2D eigenvalue weighted by Crippen LogP contribution is 2.19. The molecule has 1 aromatic carbocycles. The summed E-state index contributed by atoms with van der Waals surface area (Å²) in [6.45, 7) is 47.5. The minimum absolute atomic E-state index is 0. The van der Waals surface area contributed by atoms with Crippen LogP contribution in [-0.4, -0.2) is 147 Å². The number of allylic oxidation sites excluding steroid dienone is 4. The van der Waals surface area contributed by atoms with E-state index in [1.807, 2.05) is 22.3 Å². The first kappa shape index (κ1) is 93.9. The Balaban J connectivity index is -0.0000000966. The van der Waals surface area contributed by atoms with E-state index < -0.39 is 0 Å². The van der Waals surface area contributed by atoms with E-state index in [9.17, 15) is 4.79 Å². The molecule has 4 saturated heterocycles. The number of carbonyl (C=O) groups is 1. The zero-order chi connectivity index (χ0) is 52.1. The smallest absolute Gasteiger partial charge is 0.222 e. The number of hydrogen-bond acceptors (Lipinski definition) is 8. The molecule has 0 N–H and O–H groups in total. The van der Waals surface area contributed by atoms with Crippen LogP contribution in [0.25, 0.3) is 0 Å². The van der Waals surface area contributed by atoms with Gasteiger partial charge >= 0.3 is 0 Å². The third-order valence-corrected chi connectivity index (χ3v) is 14.2. The van der Waals surface area contributed by atoms with Crippen molar-refractivity contribution in [1.82, 2.24) is 24.5 Å². The van der Waals surface area contributed by atoms with E-state index in [4.69, 9.17) is 9.47 Å². The number of nitrogens with zero attached hydrogens (tertiary/aromatic N) is 5. The maximum Gasteiger partial charge on any atom is 0.222 e. The first-order chi connectivity index (χ1) is 32.7. The van der Waals surface area contributed by atoms with Gasteiger partial charge in [0.2, 0.25) is 5.91 Å². The van der Waals surface area contributed by atoms with Crippen LogP contribution in [0.4, 0.5) is 0 Å². The molecule has 0 atom stereocenters. The van der Waals surface area contributed by atoms with E-state index >= 15 is 0 Å². The molecule has 0 radical (unpaired) electrons. The van der Waals surface area contributed by atoms with Crippen molar-refractivity contribution in [3.05, 3.63) is 82.1 Å². The predicted octanol–water partition coefficient (Wildman–Crippen LogP) is 19.4. The van der Waals surface area contributed by atoms with E-state index in [0.717, 1.165) is 77.3 Å². The fraction of sp³-hybridized carbons (Fsp3) is 0.779. The van der Waals surface area contributed by atoms with Gasteiger partial charge < -0.3 is 29.1 Å². The second-order valence-corrected chi connectivity index (χ2v) is 22.3. The summed E-state index contributed by atoms with van der Waals surface area (Å²) in [4.78, 5) is 24.1. The average Bonchev–Trinajstić information content (AvgIpc) is 4.20. The molecule has 77 heavy (non-hydrogen) atoms. The second kappa shape index (κ2) is 58.3. The molecule has 0 spiro atoms. The Hall–Kier alpha value is -2.37. The van der Waals surface area contributed by atoms with Gasteiger partial charge in [-0.3, -0.25) is 9.69 Å². The van der Waals surface area contributed by atoms with Crippen molar-refractivity contribution < 1.29 is 14.3 Å². The van der Waals surface area contributed by atoms with Crippen molar-refractivity contribution in [1.29, 1.82) is 0 Å². The first-order valence-electron chi connectivity index (χ1n) is 27.5. The van der Waals surface area contributed by atoms with E-state index in [1.165, 1.54) is 74.3 Å². The lowest BCUT2D eigenvalue weighted by molar-refractivity contribution is -0.129. The summed E-state index contributed by atoms with van der Waals surface area (Å²) in [6.07, 6.45) is 16.8. The molecular formula is C68H143N5O3S. The molecular weight excluding hydrogens is 967 g/mol. The average molecular weight is 1110 g/mol. The van der Waals surface area contributed by atoms with Gasteiger partial charge in [-0.15, -0.1) is 11.3 Å².